The molecule has 0 spiro atoms. The van der Waals surface area contributed by atoms with Gasteiger partial charge in [0, 0.05) is 4.90 Å². The van der Waals surface area contributed by atoms with Crippen LogP contribution in [0.15, 0.2) is 53.4 Å². The molecule has 0 aliphatic carbocycles. The lowest BCUT2D eigenvalue weighted by Gasteiger charge is -2.33. The Hall–Kier alpha value is -2.05. The lowest BCUT2D eigenvalue weighted by molar-refractivity contribution is -0.917. The van der Waals surface area contributed by atoms with Crippen molar-refractivity contribution in [2.45, 2.75) is 23.6 Å². The molecule has 0 unspecified atom stereocenters. The van der Waals surface area contributed by atoms with E-state index in [2.05, 4.69) is 0 Å². The van der Waals surface area contributed by atoms with Crippen LogP contribution in [0.5, 0.6) is 5.75 Å². The summed E-state index contributed by atoms with van der Waals surface area (Å²) in [7, 11) is 1.61. The van der Waals surface area contributed by atoms with Crippen LogP contribution < -0.4 is 9.64 Å². The zero-order chi connectivity index (χ0) is 19.2. The van der Waals surface area contributed by atoms with Crippen LogP contribution in [0.25, 0.3) is 0 Å². The second-order valence-electron chi connectivity index (χ2n) is 6.78. The summed E-state index contributed by atoms with van der Waals surface area (Å²) in [6.45, 7) is 5.84. The molecule has 0 saturated carbocycles. The molecule has 1 saturated heterocycles. The van der Waals surface area contributed by atoms with Crippen LogP contribution in [-0.2, 0) is 11.3 Å². The standard InChI is InChI=1S/C21H25FN2O2S/c1-16(27-19-6-4-3-5-7-19)21(25)24-12-10-23(11-13-24)15-17-14-18(22)8-9-20(17)26-2/h3-9,14,16H,10-13,15H2,1-2H3/p+1/t16-/m1/s1. The Kier molecular flexibility index (Phi) is 6.74. The number of carbonyl (C=O) groups is 1. The van der Waals surface area contributed by atoms with E-state index in [1.165, 1.54) is 11.0 Å². The number of benzene rings is 2. The SMILES string of the molecule is COc1ccc(F)cc1C[NH+]1CCN(C(=O)[C@@H](C)Sc2ccccc2)CC1. The van der Waals surface area contributed by atoms with Gasteiger partial charge in [-0.25, -0.2) is 4.39 Å². The molecular weight excluding hydrogens is 363 g/mol. The van der Waals surface area contributed by atoms with E-state index in [4.69, 9.17) is 4.74 Å². The molecule has 1 amide bonds. The highest BCUT2D eigenvalue weighted by Gasteiger charge is 2.28. The molecule has 0 aromatic heterocycles. The molecule has 27 heavy (non-hydrogen) atoms. The van der Waals surface area contributed by atoms with E-state index in [0.717, 1.165) is 42.4 Å². The summed E-state index contributed by atoms with van der Waals surface area (Å²) >= 11 is 1.60. The number of nitrogens with zero attached hydrogens (tertiary/aromatic N) is 1. The zero-order valence-corrected chi connectivity index (χ0v) is 16.6. The fraction of sp³-hybridized carbons (Fsp3) is 0.381. The third-order valence-electron chi connectivity index (χ3n) is 4.87. The summed E-state index contributed by atoms with van der Waals surface area (Å²) in [5.41, 5.74) is 0.875. The minimum atomic E-state index is -0.245. The van der Waals surface area contributed by atoms with Gasteiger partial charge in [0.2, 0.25) is 5.91 Å². The van der Waals surface area contributed by atoms with Crippen LogP contribution >= 0.6 is 11.8 Å². The molecule has 2 aromatic rings. The van der Waals surface area contributed by atoms with Crippen molar-refractivity contribution in [1.29, 1.82) is 0 Å². The second kappa shape index (κ2) is 9.24. The van der Waals surface area contributed by atoms with Crippen LogP contribution in [0.2, 0.25) is 0 Å². The van der Waals surface area contributed by atoms with Crippen molar-refractivity contribution in [1.82, 2.24) is 4.90 Å². The molecular formula is C21H26FN2O2S+. The summed E-state index contributed by atoms with van der Waals surface area (Å²) < 4.78 is 18.9. The minimum Gasteiger partial charge on any atom is -0.496 e. The van der Waals surface area contributed by atoms with Crippen molar-refractivity contribution in [3.8, 4) is 5.75 Å². The third kappa shape index (κ3) is 5.23. The number of hydrogen-bond donors (Lipinski definition) is 1. The van der Waals surface area contributed by atoms with Crippen LogP contribution in [0, 0.1) is 5.82 Å². The summed E-state index contributed by atoms with van der Waals surface area (Å²) in [6, 6.07) is 14.6. The van der Waals surface area contributed by atoms with Crippen molar-refractivity contribution in [2.24, 2.45) is 0 Å². The number of thioether (sulfide) groups is 1. The summed E-state index contributed by atoms with van der Waals surface area (Å²) in [5, 5.41) is -0.0998. The normalized spacial score (nSPS) is 16.2. The van der Waals surface area contributed by atoms with Gasteiger partial charge in [-0.15, -0.1) is 11.8 Å². The highest BCUT2D eigenvalue weighted by atomic mass is 32.2. The highest BCUT2D eigenvalue weighted by molar-refractivity contribution is 8.00. The lowest BCUT2D eigenvalue weighted by Crippen LogP contribution is -3.13. The maximum absolute atomic E-state index is 13.6. The van der Waals surface area contributed by atoms with E-state index in [-0.39, 0.29) is 17.0 Å². The summed E-state index contributed by atoms with van der Waals surface area (Å²) in [4.78, 5) is 17.1. The first kappa shape index (κ1) is 19.7. The minimum absolute atomic E-state index is 0.0998. The average Bonchev–Trinajstić information content (AvgIpc) is 2.69. The van der Waals surface area contributed by atoms with Gasteiger partial charge in [0.1, 0.15) is 18.1 Å². The number of piperazine rings is 1. The Balaban J connectivity index is 1.52. The molecule has 0 radical (unpaired) electrons. The number of nitrogens with one attached hydrogen (secondary N) is 1. The monoisotopic (exact) mass is 389 g/mol. The predicted molar refractivity (Wildman–Crippen MR) is 106 cm³/mol. The first-order chi connectivity index (χ1) is 13.1. The molecule has 144 valence electrons. The molecule has 4 nitrogen and oxygen atoms in total. The van der Waals surface area contributed by atoms with Gasteiger partial charge in [0.15, 0.2) is 0 Å². The Morgan fingerprint density at radius 1 is 1.22 bits per heavy atom. The predicted octanol–water partition coefficient (Wildman–Crippen LogP) is 2.24. The van der Waals surface area contributed by atoms with Gasteiger partial charge in [-0.1, -0.05) is 18.2 Å². The Morgan fingerprint density at radius 2 is 1.93 bits per heavy atom. The lowest BCUT2D eigenvalue weighted by atomic mass is 10.1. The van der Waals surface area contributed by atoms with Crippen LogP contribution in [-0.4, -0.2) is 49.3 Å². The topological polar surface area (TPSA) is 34.0 Å². The average molecular weight is 390 g/mol. The first-order valence-corrected chi connectivity index (χ1v) is 10.1. The maximum atomic E-state index is 13.6. The largest absolute Gasteiger partial charge is 0.496 e. The molecule has 1 heterocycles. The summed E-state index contributed by atoms with van der Waals surface area (Å²) in [6.07, 6.45) is 0. The van der Waals surface area contributed by atoms with E-state index in [1.807, 2.05) is 42.2 Å². The van der Waals surface area contributed by atoms with E-state index >= 15 is 0 Å². The van der Waals surface area contributed by atoms with Gasteiger partial charge in [0.05, 0.1) is 44.1 Å². The van der Waals surface area contributed by atoms with Gasteiger partial charge in [-0.05, 0) is 37.3 Å². The fourth-order valence-electron chi connectivity index (χ4n) is 3.39. The van der Waals surface area contributed by atoms with Gasteiger partial charge >= 0.3 is 0 Å². The van der Waals surface area contributed by atoms with Crippen LogP contribution in [0.3, 0.4) is 0 Å². The first-order valence-electron chi connectivity index (χ1n) is 9.23. The number of quaternary nitrogens is 1. The number of amides is 1. The number of methoxy groups -OCH3 is 1. The maximum Gasteiger partial charge on any atom is 0.236 e. The van der Waals surface area contributed by atoms with Gasteiger partial charge < -0.3 is 14.5 Å². The van der Waals surface area contributed by atoms with Gasteiger partial charge in [-0.3, -0.25) is 4.79 Å². The summed E-state index contributed by atoms with van der Waals surface area (Å²) in [5.74, 6) is 0.660. The van der Waals surface area contributed by atoms with Crippen molar-refractivity contribution in [3.63, 3.8) is 0 Å². The van der Waals surface area contributed by atoms with Crippen LogP contribution in [0.1, 0.15) is 12.5 Å². The number of halogens is 1. The molecule has 1 fully saturated rings. The molecule has 3 rings (SSSR count). The van der Waals surface area contributed by atoms with E-state index in [1.54, 1.807) is 31.0 Å². The number of carbonyl (C=O) groups excluding carboxylic acids is 1. The molecule has 1 atom stereocenters. The molecule has 1 aliphatic heterocycles. The van der Waals surface area contributed by atoms with E-state index < -0.39 is 0 Å². The van der Waals surface area contributed by atoms with E-state index in [0.29, 0.717) is 6.54 Å². The quantitative estimate of drug-likeness (QED) is 0.770. The smallest absolute Gasteiger partial charge is 0.236 e. The van der Waals surface area contributed by atoms with E-state index in [9.17, 15) is 9.18 Å². The zero-order valence-electron chi connectivity index (χ0n) is 15.8. The van der Waals surface area contributed by atoms with Crippen molar-refractivity contribution >= 4 is 17.7 Å². The molecule has 6 heteroatoms. The van der Waals surface area contributed by atoms with Crippen LogP contribution in [0.4, 0.5) is 4.39 Å². The number of ether oxygens (including phenoxy) is 1. The molecule has 1 aliphatic rings. The Morgan fingerprint density at radius 3 is 2.59 bits per heavy atom. The Labute approximate surface area is 164 Å². The van der Waals surface area contributed by atoms with Crippen molar-refractivity contribution < 1.29 is 18.8 Å². The molecule has 0 bridgehead atoms. The second-order valence-corrected chi connectivity index (χ2v) is 8.20. The highest BCUT2D eigenvalue weighted by Crippen LogP contribution is 2.24. The van der Waals surface area contributed by atoms with Gasteiger partial charge in [-0.2, -0.15) is 0 Å². The third-order valence-corrected chi connectivity index (χ3v) is 5.97. The van der Waals surface area contributed by atoms with Crippen molar-refractivity contribution in [2.75, 3.05) is 33.3 Å². The van der Waals surface area contributed by atoms with Gasteiger partial charge in [0.25, 0.3) is 0 Å². The molecule has 2 aromatic carbocycles. The van der Waals surface area contributed by atoms with Crippen molar-refractivity contribution in [3.05, 3.63) is 59.9 Å². The molecule has 1 N–H and O–H groups in total. The fourth-order valence-corrected chi connectivity index (χ4v) is 4.36. The Bertz CT molecular complexity index is 764. The number of hydrogen-bond acceptors (Lipinski definition) is 3. The number of rotatable bonds is 6.